The highest BCUT2D eigenvalue weighted by molar-refractivity contribution is 5.71. The summed E-state index contributed by atoms with van der Waals surface area (Å²) in [5.74, 6) is -0.0597. The summed E-state index contributed by atoms with van der Waals surface area (Å²) in [6, 6.07) is 0. The zero-order valence-corrected chi connectivity index (χ0v) is 7.52. The number of rotatable bonds is 3. The van der Waals surface area contributed by atoms with E-state index in [4.69, 9.17) is 4.74 Å². The van der Waals surface area contributed by atoms with Crippen molar-refractivity contribution in [1.82, 2.24) is 0 Å². The molecule has 0 aromatic rings. The van der Waals surface area contributed by atoms with Crippen LogP contribution in [0.5, 0.6) is 0 Å². The predicted molar refractivity (Wildman–Crippen MR) is 43.1 cm³/mol. The topological polar surface area (TPSA) is 26.3 Å². The molecule has 1 aliphatic carbocycles. The Morgan fingerprint density at radius 3 is 2.45 bits per heavy atom. The van der Waals surface area contributed by atoms with Gasteiger partial charge in [-0.05, 0) is 12.8 Å². The molecule has 11 heavy (non-hydrogen) atoms. The number of hydrogen-bond acceptors (Lipinski definition) is 2. The molecule has 2 heteroatoms. The summed E-state index contributed by atoms with van der Waals surface area (Å²) >= 11 is 0. The quantitative estimate of drug-likeness (QED) is 0.584. The van der Waals surface area contributed by atoms with Gasteiger partial charge in [-0.3, -0.25) is 4.79 Å². The van der Waals surface area contributed by atoms with Crippen molar-refractivity contribution in [3.8, 4) is 0 Å². The monoisotopic (exact) mass is 156 g/mol. The van der Waals surface area contributed by atoms with Gasteiger partial charge in [0.1, 0.15) is 0 Å². The molecule has 1 saturated carbocycles. The lowest BCUT2D eigenvalue weighted by atomic mass is 10.2. The zero-order chi connectivity index (χ0) is 8.48. The molecule has 64 valence electrons. The molecule has 1 rings (SSSR count). The average Bonchev–Trinajstić information content (AvgIpc) is 2.64. The van der Waals surface area contributed by atoms with Crippen LogP contribution in [0.25, 0.3) is 0 Å². The van der Waals surface area contributed by atoms with E-state index in [1.807, 2.05) is 13.8 Å². The third-order valence-electron chi connectivity index (χ3n) is 2.14. The van der Waals surface area contributed by atoms with E-state index in [-0.39, 0.29) is 11.9 Å². The molecule has 0 atom stereocenters. The van der Waals surface area contributed by atoms with Gasteiger partial charge in [0, 0.05) is 5.41 Å². The lowest BCUT2D eigenvalue weighted by Crippen LogP contribution is -2.16. The van der Waals surface area contributed by atoms with Crippen molar-refractivity contribution in [2.24, 2.45) is 11.3 Å². The summed E-state index contributed by atoms with van der Waals surface area (Å²) in [7, 11) is 0. The molecule has 0 aliphatic heterocycles. The molecule has 0 unspecified atom stereocenters. The number of carbonyl (C=O) groups excluding carboxylic acids is 1. The minimum Gasteiger partial charge on any atom is -0.465 e. The largest absolute Gasteiger partial charge is 0.465 e. The molecule has 0 amide bonds. The smallest absolute Gasteiger partial charge is 0.308 e. The predicted octanol–water partition coefficient (Wildman–Crippen LogP) is 1.99. The second kappa shape index (κ2) is 2.84. The normalized spacial score (nSPS) is 20.0. The van der Waals surface area contributed by atoms with E-state index in [1.165, 1.54) is 12.8 Å². The summed E-state index contributed by atoms with van der Waals surface area (Å²) < 4.78 is 5.09. The van der Waals surface area contributed by atoms with Gasteiger partial charge in [-0.1, -0.05) is 20.8 Å². The SMILES string of the molecule is CC(C)C(=O)OCC1(C)CC1. The van der Waals surface area contributed by atoms with Gasteiger partial charge in [-0.25, -0.2) is 0 Å². The highest BCUT2D eigenvalue weighted by Gasteiger charge is 2.38. The maximum Gasteiger partial charge on any atom is 0.308 e. The number of carbonyl (C=O) groups is 1. The van der Waals surface area contributed by atoms with E-state index in [1.54, 1.807) is 0 Å². The van der Waals surface area contributed by atoms with Gasteiger partial charge in [0.2, 0.25) is 0 Å². The molecular formula is C9H16O2. The van der Waals surface area contributed by atoms with Gasteiger partial charge >= 0.3 is 5.97 Å². The molecule has 0 heterocycles. The molecule has 0 spiro atoms. The fraction of sp³-hybridized carbons (Fsp3) is 0.889. The van der Waals surface area contributed by atoms with Gasteiger partial charge in [0.05, 0.1) is 12.5 Å². The second-order valence-corrected chi connectivity index (χ2v) is 4.07. The van der Waals surface area contributed by atoms with Crippen molar-refractivity contribution in [3.05, 3.63) is 0 Å². The Hall–Kier alpha value is -0.530. The third kappa shape index (κ3) is 2.52. The Labute approximate surface area is 67.9 Å². The van der Waals surface area contributed by atoms with Crippen molar-refractivity contribution in [1.29, 1.82) is 0 Å². The Morgan fingerprint density at radius 2 is 2.09 bits per heavy atom. The Kier molecular flexibility index (Phi) is 2.21. The highest BCUT2D eigenvalue weighted by Crippen LogP contribution is 2.45. The van der Waals surface area contributed by atoms with Crippen LogP contribution >= 0.6 is 0 Å². The van der Waals surface area contributed by atoms with E-state index in [0.717, 1.165) is 0 Å². The second-order valence-electron chi connectivity index (χ2n) is 4.07. The number of esters is 1. The zero-order valence-electron chi connectivity index (χ0n) is 7.52. The fourth-order valence-corrected chi connectivity index (χ4v) is 0.770. The van der Waals surface area contributed by atoms with Crippen molar-refractivity contribution in [3.63, 3.8) is 0 Å². The van der Waals surface area contributed by atoms with Crippen molar-refractivity contribution >= 4 is 5.97 Å². The fourth-order valence-electron chi connectivity index (χ4n) is 0.770. The maximum absolute atomic E-state index is 11.0. The molecule has 2 nitrogen and oxygen atoms in total. The molecule has 1 aliphatic rings. The first-order chi connectivity index (χ1) is 5.03. The maximum atomic E-state index is 11.0. The van der Waals surface area contributed by atoms with Crippen LogP contribution in [-0.2, 0) is 9.53 Å². The Bertz CT molecular complexity index is 157. The number of ether oxygens (including phenoxy) is 1. The summed E-state index contributed by atoms with van der Waals surface area (Å²) in [6.45, 7) is 6.49. The lowest BCUT2D eigenvalue weighted by molar-refractivity contribution is -0.149. The molecule has 0 N–H and O–H groups in total. The van der Waals surface area contributed by atoms with E-state index in [0.29, 0.717) is 12.0 Å². The van der Waals surface area contributed by atoms with Crippen LogP contribution < -0.4 is 0 Å². The van der Waals surface area contributed by atoms with E-state index in [2.05, 4.69) is 6.92 Å². The summed E-state index contributed by atoms with van der Waals surface area (Å²) in [4.78, 5) is 11.0. The average molecular weight is 156 g/mol. The van der Waals surface area contributed by atoms with Crippen LogP contribution in [0.15, 0.2) is 0 Å². The molecular weight excluding hydrogens is 140 g/mol. The van der Waals surface area contributed by atoms with Gasteiger partial charge in [-0.15, -0.1) is 0 Å². The highest BCUT2D eigenvalue weighted by atomic mass is 16.5. The molecule has 0 saturated heterocycles. The van der Waals surface area contributed by atoms with Gasteiger partial charge in [-0.2, -0.15) is 0 Å². The molecule has 0 aromatic heterocycles. The first-order valence-electron chi connectivity index (χ1n) is 4.20. The molecule has 0 bridgehead atoms. The van der Waals surface area contributed by atoms with Crippen LogP contribution in [0.2, 0.25) is 0 Å². The molecule has 0 radical (unpaired) electrons. The summed E-state index contributed by atoms with van der Waals surface area (Å²) in [6.07, 6.45) is 2.41. The molecule has 0 aromatic carbocycles. The van der Waals surface area contributed by atoms with Crippen LogP contribution in [0.1, 0.15) is 33.6 Å². The van der Waals surface area contributed by atoms with Gasteiger partial charge < -0.3 is 4.74 Å². The lowest BCUT2D eigenvalue weighted by Gasteiger charge is -2.10. The van der Waals surface area contributed by atoms with Crippen LogP contribution in [0.3, 0.4) is 0 Å². The van der Waals surface area contributed by atoms with Crippen molar-refractivity contribution in [2.75, 3.05) is 6.61 Å². The van der Waals surface area contributed by atoms with Gasteiger partial charge in [0.25, 0.3) is 0 Å². The van der Waals surface area contributed by atoms with Crippen LogP contribution in [-0.4, -0.2) is 12.6 Å². The number of hydrogen-bond donors (Lipinski definition) is 0. The molecule has 1 fully saturated rings. The van der Waals surface area contributed by atoms with Crippen molar-refractivity contribution in [2.45, 2.75) is 33.6 Å². The summed E-state index contributed by atoms with van der Waals surface area (Å²) in [5, 5.41) is 0. The van der Waals surface area contributed by atoms with Crippen LogP contribution in [0, 0.1) is 11.3 Å². The van der Waals surface area contributed by atoms with E-state index in [9.17, 15) is 4.79 Å². The summed E-state index contributed by atoms with van der Waals surface area (Å²) in [5.41, 5.74) is 0.324. The van der Waals surface area contributed by atoms with E-state index < -0.39 is 0 Å². The minimum atomic E-state index is -0.0712. The first-order valence-corrected chi connectivity index (χ1v) is 4.20. The minimum absolute atomic E-state index is 0.0114. The Morgan fingerprint density at radius 1 is 1.55 bits per heavy atom. The van der Waals surface area contributed by atoms with Gasteiger partial charge in [0.15, 0.2) is 0 Å². The van der Waals surface area contributed by atoms with Crippen LogP contribution in [0.4, 0.5) is 0 Å². The third-order valence-corrected chi connectivity index (χ3v) is 2.14. The first kappa shape index (κ1) is 8.57. The standard InChI is InChI=1S/C9H16O2/c1-7(2)8(10)11-6-9(3)4-5-9/h7H,4-6H2,1-3H3. The van der Waals surface area contributed by atoms with Crippen molar-refractivity contribution < 1.29 is 9.53 Å². The Balaban J connectivity index is 2.16. The van der Waals surface area contributed by atoms with E-state index >= 15 is 0 Å².